The zero-order valence-corrected chi connectivity index (χ0v) is 11.2. The number of hydrogen-bond acceptors (Lipinski definition) is 2. The Morgan fingerprint density at radius 1 is 1.17 bits per heavy atom. The standard InChI is InChI=1S/C9H22O2Si/c1-6-10-9(11-12,7(2)3)8(4)5/h7-8H,6H2,1-5,12H3. The van der Waals surface area contributed by atoms with E-state index in [0.717, 1.165) is 17.1 Å². The van der Waals surface area contributed by atoms with Crippen molar-refractivity contribution in [1.29, 1.82) is 0 Å². The van der Waals surface area contributed by atoms with Gasteiger partial charge in [0.15, 0.2) is 5.79 Å². The molecule has 0 unspecified atom stereocenters. The molecule has 0 aromatic carbocycles. The molecule has 0 aromatic heterocycles. The Morgan fingerprint density at radius 2 is 1.58 bits per heavy atom. The molecule has 0 amide bonds. The van der Waals surface area contributed by atoms with E-state index < -0.39 is 0 Å². The Kier molecular flexibility index (Phi) is 5.05. The monoisotopic (exact) mass is 190 g/mol. The molecule has 0 aliphatic heterocycles. The van der Waals surface area contributed by atoms with Crippen molar-refractivity contribution in [1.82, 2.24) is 0 Å². The van der Waals surface area contributed by atoms with Crippen LogP contribution in [0.15, 0.2) is 0 Å². The second-order valence-electron chi connectivity index (χ2n) is 3.67. The van der Waals surface area contributed by atoms with Gasteiger partial charge in [-0.1, -0.05) is 27.7 Å². The first-order valence-electron chi connectivity index (χ1n) is 4.70. The molecule has 12 heavy (non-hydrogen) atoms. The minimum Gasteiger partial charge on any atom is -0.401 e. The Labute approximate surface area is 79.2 Å². The van der Waals surface area contributed by atoms with Crippen molar-refractivity contribution < 1.29 is 9.16 Å². The third-order valence-electron chi connectivity index (χ3n) is 2.30. The Bertz CT molecular complexity index is 116. The topological polar surface area (TPSA) is 18.5 Å². The maximum atomic E-state index is 5.71. The van der Waals surface area contributed by atoms with Crippen LogP contribution in [0.25, 0.3) is 0 Å². The van der Waals surface area contributed by atoms with Crippen LogP contribution in [-0.4, -0.2) is 22.9 Å². The molecule has 0 atom stereocenters. The van der Waals surface area contributed by atoms with Crippen LogP contribution in [0.5, 0.6) is 0 Å². The van der Waals surface area contributed by atoms with Crippen LogP contribution in [0.2, 0.25) is 0 Å². The van der Waals surface area contributed by atoms with Crippen LogP contribution in [0, 0.1) is 11.8 Å². The Balaban J connectivity index is 4.51. The van der Waals surface area contributed by atoms with Gasteiger partial charge in [-0.05, 0) is 6.92 Å². The molecule has 0 aliphatic rings. The van der Waals surface area contributed by atoms with E-state index in [2.05, 4.69) is 27.7 Å². The molecule has 0 fully saturated rings. The highest BCUT2D eigenvalue weighted by Crippen LogP contribution is 2.30. The average Bonchev–Trinajstić information content (AvgIpc) is 1.98. The molecule has 0 saturated heterocycles. The van der Waals surface area contributed by atoms with Gasteiger partial charge in [0, 0.05) is 18.4 Å². The summed E-state index contributed by atoms with van der Waals surface area (Å²) < 4.78 is 11.3. The van der Waals surface area contributed by atoms with Crippen molar-refractivity contribution >= 4 is 10.5 Å². The van der Waals surface area contributed by atoms with E-state index in [4.69, 9.17) is 9.16 Å². The summed E-state index contributed by atoms with van der Waals surface area (Å²) in [5.74, 6) is 0.478. The van der Waals surface area contributed by atoms with Crippen molar-refractivity contribution in [2.45, 2.75) is 40.4 Å². The van der Waals surface area contributed by atoms with Gasteiger partial charge in [0.2, 0.25) is 0 Å². The fourth-order valence-corrected chi connectivity index (χ4v) is 2.82. The van der Waals surface area contributed by atoms with Crippen LogP contribution >= 0.6 is 0 Å². The summed E-state index contributed by atoms with van der Waals surface area (Å²) >= 11 is 0. The quantitative estimate of drug-likeness (QED) is 0.481. The van der Waals surface area contributed by atoms with Crippen LogP contribution in [0.1, 0.15) is 34.6 Å². The lowest BCUT2D eigenvalue weighted by molar-refractivity contribution is -0.233. The lowest BCUT2D eigenvalue weighted by Gasteiger charge is -2.40. The maximum absolute atomic E-state index is 5.71. The van der Waals surface area contributed by atoms with Gasteiger partial charge in [-0.15, -0.1) is 0 Å². The molecule has 0 spiro atoms. The zero-order chi connectivity index (χ0) is 9.78. The molecule has 0 N–H and O–H groups in total. The molecule has 0 aliphatic carbocycles. The molecule has 0 radical (unpaired) electrons. The summed E-state index contributed by atoms with van der Waals surface area (Å²) in [5.41, 5.74) is 0. The van der Waals surface area contributed by atoms with Gasteiger partial charge < -0.3 is 9.16 Å². The van der Waals surface area contributed by atoms with E-state index in [0.29, 0.717) is 11.8 Å². The second-order valence-corrected chi connectivity index (χ2v) is 4.08. The Hall–Kier alpha value is 0.137. The minimum absolute atomic E-state index is 0.346. The van der Waals surface area contributed by atoms with E-state index in [-0.39, 0.29) is 5.79 Å². The van der Waals surface area contributed by atoms with Crippen molar-refractivity contribution in [3.05, 3.63) is 0 Å². The Morgan fingerprint density at radius 3 is 1.67 bits per heavy atom. The van der Waals surface area contributed by atoms with E-state index in [1.54, 1.807) is 0 Å². The summed E-state index contributed by atoms with van der Waals surface area (Å²) in [6.45, 7) is 11.3. The lowest BCUT2D eigenvalue weighted by atomic mass is 9.91. The van der Waals surface area contributed by atoms with Gasteiger partial charge in [0.05, 0.1) is 0 Å². The smallest absolute Gasteiger partial charge is 0.162 e. The zero-order valence-electron chi connectivity index (χ0n) is 9.18. The number of hydrogen-bond donors (Lipinski definition) is 0. The molecule has 0 rings (SSSR count). The molecule has 0 bridgehead atoms. The molecular formula is C9H22O2Si. The van der Waals surface area contributed by atoms with Crippen molar-refractivity contribution in [3.8, 4) is 0 Å². The van der Waals surface area contributed by atoms with E-state index >= 15 is 0 Å². The average molecular weight is 190 g/mol. The van der Waals surface area contributed by atoms with Gasteiger partial charge in [-0.2, -0.15) is 0 Å². The van der Waals surface area contributed by atoms with Crippen molar-refractivity contribution in [2.24, 2.45) is 11.8 Å². The van der Waals surface area contributed by atoms with Crippen LogP contribution in [0.4, 0.5) is 0 Å². The normalized spacial score (nSPS) is 13.2. The third kappa shape index (κ3) is 2.31. The molecule has 74 valence electrons. The van der Waals surface area contributed by atoms with E-state index in [1.165, 1.54) is 0 Å². The van der Waals surface area contributed by atoms with Crippen LogP contribution in [0.3, 0.4) is 0 Å². The molecule has 2 nitrogen and oxygen atoms in total. The summed E-state index contributed by atoms with van der Waals surface area (Å²) in [6.07, 6.45) is 0. The molecular weight excluding hydrogens is 168 g/mol. The first-order chi connectivity index (χ1) is 5.51. The second kappa shape index (κ2) is 4.99. The lowest BCUT2D eigenvalue weighted by Crippen LogP contribution is -2.45. The molecule has 3 heteroatoms. The molecule has 0 saturated carbocycles. The summed E-state index contributed by atoms with van der Waals surface area (Å²) in [5, 5.41) is 0. The largest absolute Gasteiger partial charge is 0.401 e. The van der Waals surface area contributed by atoms with Gasteiger partial charge in [-0.25, -0.2) is 0 Å². The first-order valence-corrected chi connectivity index (χ1v) is 5.52. The summed E-state index contributed by atoms with van der Waals surface area (Å²) in [6, 6.07) is 0. The molecule has 0 heterocycles. The fraction of sp³-hybridized carbons (Fsp3) is 1.00. The van der Waals surface area contributed by atoms with Crippen molar-refractivity contribution in [2.75, 3.05) is 6.61 Å². The molecule has 0 aromatic rings. The van der Waals surface area contributed by atoms with E-state index in [9.17, 15) is 0 Å². The van der Waals surface area contributed by atoms with Crippen molar-refractivity contribution in [3.63, 3.8) is 0 Å². The van der Waals surface area contributed by atoms with Gasteiger partial charge in [-0.3, -0.25) is 0 Å². The number of ether oxygens (including phenoxy) is 1. The number of rotatable bonds is 5. The maximum Gasteiger partial charge on any atom is 0.162 e. The fourth-order valence-electron chi connectivity index (χ4n) is 1.76. The first kappa shape index (κ1) is 12.1. The van der Waals surface area contributed by atoms with Gasteiger partial charge >= 0.3 is 0 Å². The predicted octanol–water partition coefficient (Wildman–Crippen LogP) is 1.33. The predicted molar refractivity (Wildman–Crippen MR) is 55.1 cm³/mol. The highest BCUT2D eigenvalue weighted by molar-refractivity contribution is 5.98. The van der Waals surface area contributed by atoms with Gasteiger partial charge in [0.25, 0.3) is 0 Å². The van der Waals surface area contributed by atoms with Crippen LogP contribution < -0.4 is 0 Å². The highest BCUT2D eigenvalue weighted by Gasteiger charge is 2.37. The minimum atomic E-state index is -0.346. The SMILES string of the molecule is CCOC(O[SiH3])(C(C)C)C(C)C. The van der Waals surface area contributed by atoms with Crippen LogP contribution in [-0.2, 0) is 9.16 Å². The highest BCUT2D eigenvalue weighted by atomic mass is 28.2. The summed E-state index contributed by atoms with van der Waals surface area (Å²) in [7, 11) is 0.731. The summed E-state index contributed by atoms with van der Waals surface area (Å²) in [4.78, 5) is 0. The third-order valence-corrected chi connectivity index (χ3v) is 2.94. The van der Waals surface area contributed by atoms with E-state index in [1.807, 2.05) is 6.92 Å². The van der Waals surface area contributed by atoms with Gasteiger partial charge in [0.1, 0.15) is 10.5 Å².